The van der Waals surface area contributed by atoms with E-state index in [0.717, 1.165) is 54.7 Å². The van der Waals surface area contributed by atoms with Crippen molar-refractivity contribution in [1.29, 1.82) is 5.26 Å². The third-order valence-electron chi connectivity index (χ3n) is 8.76. The third kappa shape index (κ3) is 6.60. The van der Waals surface area contributed by atoms with Gasteiger partial charge >= 0.3 is 6.03 Å². The number of hydrogen-bond donors (Lipinski definition) is 2. The smallest absolute Gasteiger partial charge is 0.323 e. The predicted octanol–water partition coefficient (Wildman–Crippen LogP) is 3.89. The number of amides is 2. The van der Waals surface area contributed by atoms with Crippen LogP contribution in [0.3, 0.4) is 0 Å². The number of carbonyl (C=O) groups excluding carboxylic acids is 1. The number of fused-ring (bicyclic) bond motifs is 1. The number of hydrogen-bond acceptors (Lipinski definition) is 10. The van der Waals surface area contributed by atoms with Crippen LogP contribution in [0.2, 0.25) is 0 Å². The minimum absolute atomic E-state index is 0.0382. The first kappa shape index (κ1) is 29.8. The van der Waals surface area contributed by atoms with Gasteiger partial charge in [0.1, 0.15) is 23.8 Å². The van der Waals surface area contributed by atoms with Crippen molar-refractivity contribution in [3.05, 3.63) is 90.5 Å². The molecule has 2 aliphatic rings. The maximum absolute atomic E-state index is 13.7. The molecule has 0 spiro atoms. The summed E-state index contributed by atoms with van der Waals surface area (Å²) in [4.78, 5) is 31.6. The van der Waals surface area contributed by atoms with Crippen LogP contribution in [0.4, 0.5) is 22.4 Å². The number of aryl methyl sites for hydroxylation is 1. The van der Waals surface area contributed by atoms with E-state index in [1.807, 2.05) is 65.2 Å². The minimum Gasteiger partial charge on any atom is -0.351 e. The molecule has 14 heteroatoms. The molecule has 1 fully saturated rings. The van der Waals surface area contributed by atoms with Gasteiger partial charge in [-0.15, -0.1) is 10.2 Å². The highest BCUT2D eigenvalue weighted by Crippen LogP contribution is 2.30. The topological polar surface area (TPSA) is 159 Å². The van der Waals surface area contributed by atoms with Crippen molar-refractivity contribution in [2.24, 2.45) is 7.05 Å². The molecule has 0 radical (unpaired) electrons. The van der Waals surface area contributed by atoms with Gasteiger partial charge in [-0.05, 0) is 43.4 Å². The van der Waals surface area contributed by atoms with Crippen LogP contribution >= 0.6 is 0 Å². The zero-order valence-corrected chi connectivity index (χ0v) is 26.1. The normalized spacial score (nSPS) is 17.4. The van der Waals surface area contributed by atoms with Crippen LogP contribution in [0.25, 0.3) is 11.1 Å². The molecule has 2 N–H and O–H groups in total. The molecule has 0 atom stereocenters. The van der Waals surface area contributed by atoms with Gasteiger partial charge in [-0.25, -0.2) is 14.8 Å². The molecule has 0 bridgehead atoms. The Balaban J connectivity index is 1.04. The fourth-order valence-electron chi connectivity index (χ4n) is 6.26. The average molecular weight is 630 g/mol. The summed E-state index contributed by atoms with van der Waals surface area (Å²) in [5, 5.41) is 28.8. The van der Waals surface area contributed by atoms with E-state index in [1.165, 1.54) is 0 Å². The van der Waals surface area contributed by atoms with Gasteiger partial charge in [-0.2, -0.15) is 15.3 Å². The summed E-state index contributed by atoms with van der Waals surface area (Å²) >= 11 is 0. The number of benzene rings is 1. The number of nitrogens with one attached hydrogen (secondary N) is 2. The standard InChI is InChI=1S/C33H35N13O/c1-43-20-26(19-39-43)24-7-12-29(35-17-24)46(33(47)37-16-23-5-3-2-4-6-23)28-10-8-27(9-11-28)40-32-36-18-25(15-34)31(41-32)44-13-14-45-22-38-42-30(45)21-44/h2-7,12,17-20,22,27-28H,8-11,13-14,16,21H2,1H3,(H,37,47)(H,36,40,41). The molecule has 7 rings (SSSR count). The Morgan fingerprint density at radius 3 is 2.62 bits per heavy atom. The SMILES string of the molecule is Cn1cc(-c2ccc(N(C(=O)NCc3ccccc3)C3CCC(Nc4ncc(C#N)c(N5CCn6cnnc6C5)n4)CC3)nc2)cn1. The van der Waals surface area contributed by atoms with Crippen molar-refractivity contribution in [2.45, 2.75) is 57.4 Å². The van der Waals surface area contributed by atoms with Crippen molar-refractivity contribution in [3.63, 3.8) is 0 Å². The molecule has 14 nitrogen and oxygen atoms in total. The molecule has 47 heavy (non-hydrogen) atoms. The molecule has 1 aliphatic heterocycles. The lowest BCUT2D eigenvalue weighted by Crippen LogP contribution is -2.49. The summed E-state index contributed by atoms with van der Waals surface area (Å²) in [6.07, 6.45) is 12.0. The average Bonchev–Trinajstić information content (AvgIpc) is 3.77. The summed E-state index contributed by atoms with van der Waals surface area (Å²) in [6.45, 7) is 2.37. The van der Waals surface area contributed by atoms with Crippen LogP contribution in [0.1, 0.15) is 42.6 Å². The number of pyridine rings is 1. The van der Waals surface area contributed by atoms with Gasteiger partial charge in [0.2, 0.25) is 5.95 Å². The van der Waals surface area contributed by atoms with Gasteiger partial charge in [-0.3, -0.25) is 9.58 Å². The van der Waals surface area contributed by atoms with Gasteiger partial charge in [0.25, 0.3) is 0 Å². The first-order valence-electron chi connectivity index (χ1n) is 15.8. The molecule has 2 amide bonds. The molecule has 1 aromatic carbocycles. The number of carbonyl (C=O) groups is 1. The van der Waals surface area contributed by atoms with Crippen LogP contribution in [0, 0.1) is 11.3 Å². The number of rotatable bonds is 8. The van der Waals surface area contributed by atoms with Gasteiger partial charge in [0.05, 0.1) is 18.9 Å². The first-order valence-corrected chi connectivity index (χ1v) is 15.8. The lowest BCUT2D eigenvalue weighted by Gasteiger charge is -2.36. The van der Waals surface area contributed by atoms with Gasteiger partial charge in [0.15, 0.2) is 11.6 Å². The lowest BCUT2D eigenvalue weighted by atomic mass is 9.90. The number of nitriles is 1. The Hall–Kier alpha value is -5.84. The molecule has 4 aromatic heterocycles. The van der Waals surface area contributed by atoms with E-state index in [-0.39, 0.29) is 18.1 Å². The first-order chi connectivity index (χ1) is 23.0. The molecule has 1 saturated carbocycles. The maximum atomic E-state index is 13.7. The summed E-state index contributed by atoms with van der Waals surface area (Å²) in [5.41, 5.74) is 3.36. The minimum atomic E-state index is -0.177. The van der Waals surface area contributed by atoms with Crippen molar-refractivity contribution in [1.82, 2.24) is 44.8 Å². The van der Waals surface area contributed by atoms with Crippen LogP contribution in [-0.2, 0) is 26.7 Å². The summed E-state index contributed by atoms with van der Waals surface area (Å²) in [7, 11) is 1.88. The second-order valence-electron chi connectivity index (χ2n) is 11.9. The van der Waals surface area contributed by atoms with Gasteiger partial charge in [-0.1, -0.05) is 30.3 Å². The van der Waals surface area contributed by atoms with E-state index in [0.29, 0.717) is 42.8 Å². The molecule has 0 saturated heterocycles. The van der Waals surface area contributed by atoms with Crippen LogP contribution in [0.5, 0.6) is 0 Å². The fourth-order valence-corrected chi connectivity index (χ4v) is 6.26. The highest BCUT2D eigenvalue weighted by molar-refractivity contribution is 5.91. The summed E-state index contributed by atoms with van der Waals surface area (Å²) in [5.74, 6) is 2.52. The number of urea groups is 1. The third-order valence-corrected chi connectivity index (χ3v) is 8.76. The Morgan fingerprint density at radius 1 is 1.02 bits per heavy atom. The summed E-state index contributed by atoms with van der Waals surface area (Å²) in [6, 6.07) is 15.9. The molecule has 238 valence electrons. The van der Waals surface area contributed by atoms with Gasteiger partial charge in [0, 0.05) is 62.3 Å². The van der Waals surface area contributed by atoms with E-state index in [4.69, 9.17) is 9.97 Å². The fraction of sp³-hybridized carbons (Fsp3) is 0.333. The highest BCUT2D eigenvalue weighted by Gasteiger charge is 2.31. The van der Waals surface area contributed by atoms with Crippen molar-refractivity contribution in [3.8, 4) is 17.2 Å². The Morgan fingerprint density at radius 2 is 1.87 bits per heavy atom. The molecule has 5 aromatic rings. The van der Waals surface area contributed by atoms with Crippen LogP contribution < -0.4 is 20.4 Å². The molecule has 1 aliphatic carbocycles. The summed E-state index contributed by atoms with van der Waals surface area (Å²) < 4.78 is 3.77. The Bertz CT molecular complexity index is 1870. The van der Waals surface area contributed by atoms with Crippen LogP contribution in [-0.4, -0.2) is 64.2 Å². The zero-order valence-electron chi connectivity index (χ0n) is 26.1. The lowest BCUT2D eigenvalue weighted by molar-refractivity contribution is 0.240. The zero-order chi connectivity index (χ0) is 32.2. The number of aromatic nitrogens is 8. The van der Waals surface area contributed by atoms with E-state index < -0.39 is 0 Å². The highest BCUT2D eigenvalue weighted by atomic mass is 16.2. The number of anilines is 3. The molecule has 5 heterocycles. The Kier molecular flexibility index (Phi) is 8.42. The quantitative estimate of drug-likeness (QED) is 0.258. The van der Waals surface area contributed by atoms with Gasteiger partial charge < -0.3 is 20.1 Å². The molecule has 0 unspecified atom stereocenters. The molecular formula is C33H35N13O. The van der Waals surface area contributed by atoms with E-state index in [1.54, 1.807) is 34.5 Å². The maximum Gasteiger partial charge on any atom is 0.323 e. The van der Waals surface area contributed by atoms with E-state index in [9.17, 15) is 10.1 Å². The Labute approximate surface area is 272 Å². The molecular weight excluding hydrogens is 594 g/mol. The predicted molar refractivity (Wildman–Crippen MR) is 175 cm³/mol. The largest absolute Gasteiger partial charge is 0.351 e. The van der Waals surface area contributed by atoms with Crippen molar-refractivity contribution in [2.75, 3.05) is 21.7 Å². The van der Waals surface area contributed by atoms with E-state index in [2.05, 4.69) is 37.0 Å². The van der Waals surface area contributed by atoms with Crippen molar-refractivity contribution < 1.29 is 4.79 Å². The second kappa shape index (κ2) is 13.3. The monoisotopic (exact) mass is 629 g/mol. The number of nitrogens with zero attached hydrogens (tertiary/aromatic N) is 11. The second-order valence-corrected chi connectivity index (χ2v) is 11.9. The van der Waals surface area contributed by atoms with E-state index >= 15 is 0 Å². The van der Waals surface area contributed by atoms with Crippen molar-refractivity contribution >= 4 is 23.6 Å². The van der Waals surface area contributed by atoms with Crippen LogP contribution in [0.15, 0.2) is 73.6 Å².